The van der Waals surface area contributed by atoms with Gasteiger partial charge in [-0.05, 0) is 36.8 Å². The molecule has 0 aliphatic heterocycles. The molecule has 0 radical (unpaired) electrons. The second kappa shape index (κ2) is 9.42. The molecule has 3 aromatic rings. The summed E-state index contributed by atoms with van der Waals surface area (Å²) in [4.78, 5) is 30.2. The third-order valence-electron chi connectivity index (χ3n) is 5.71. The molecule has 0 saturated heterocycles. The number of pyridine rings is 1. The molecule has 4 rings (SSSR count). The number of nitrogens with zero attached hydrogens (tertiary/aromatic N) is 2. The van der Waals surface area contributed by atoms with Crippen LogP contribution in [0.15, 0.2) is 42.6 Å². The second-order valence-corrected chi connectivity index (χ2v) is 8.75. The van der Waals surface area contributed by atoms with Crippen molar-refractivity contribution in [2.45, 2.75) is 39.7 Å². The van der Waals surface area contributed by atoms with E-state index in [-0.39, 0.29) is 11.8 Å². The predicted molar refractivity (Wildman–Crippen MR) is 126 cm³/mol. The fourth-order valence-electron chi connectivity index (χ4n) is 3.75. The molecule has 32 heavy (non-hydrogen) atoms. The zero-order valence-corrected chi connectivity index (χ0v) is 18.9. The summed E-state index contributed by atoms with van der Waals surface area (Å²) in [6.45, 7) is 5.62. The van der Waals surface area contributed by atoms with Crippen LogP contribution in [0.25, 0.3) is 11.0 Å². The van der Waals surface area contributed by atoms with Crippen molar-refractivity contribution in [3.8, 4) is 0 Å². The number of methoxy groups -OCH3 is 1. The lowest BCUT2D eigenvalue weighted by atomic mass is 10.1. The Labute approximate surface area is 188 Å². The van der Waals surface area contributed by atoms with E-state index in [1.54, 1.807) is 6.20 Å². The van der Waals surface area contributed by atoms with Gasteiger partial charge < -0.3 is 19.9 Å². The summed E-state index contributed by atoms with van der Waals surface area (Å²) in [5.41, 5.74) is 3.30. The Morgan fingerprint density at radius 3 is 2.62 bits per heavy atom. The van der Waals surface area contributed by atoms with Gasteiger partial charge in [0.25, 0.3) is 0 Å². The molecule has 1 amide bonds. The molecular formula is C25H30N4O3. The number of fused-ring (bicyclic) bond motifs is 1. The van der Waals surface area contributed by atoms with E-state index in [1.165, 1.54) is 7.11 Å². The van der Waals surface area contributed by atoms with Gasteiger partial charge in [-0.25, -0.2) is 9.78 Å². The lowest BCUT2D eigenvalue weighted by Gasteiger charge is -2.11. The molecular weight excluding hydrogens is 404 g/mol. The van der Waals surface area contributed by atoms with E-state index in [2.05, 4.69) is 29.5 Å². The summed E-state index contributed by atoms with van der Waals surface area (Å²) in [6, 6.07) is 11.8. The second-order valence-electron chi connectivity index (χ2n) is 8.75. The minimum atomic E-state index is -0.501. The fraction of sp³-hybridized carbons (Fsp3) is 0.400. The first-order valence-electron chi connectivity index (χ1n) is 11.2. The highest BCUT2D eigenvalue weighted by Crippen LogP contribution is 2.36. The predicted octanol–water partition coefficient (Wildman–Crippen LogP) is 4.68. The van der Waals surface area contributed by atoms with Crippen LogP contribution in [0.1, 0.15) is 49.2 Å². The maximum atomic E-state index is 12.9. The minimum absolute atomic E-state index is 0.00771. The number of carbonyl (C=O) groups is 2. The van der Waals surface area contributed by atoms with Gasteiger partial charge in [0.1, 0.15) is 5.65 Å². The first kappa shape index (κ1) is 21.9. The molecule has 0 bridgehead atoms. The van der Waals surface area contributed by atoms with Gasteiger partial charge in [0.15, 0.2) is 5.69 Å². The quantitative estimate of drug-likeness (QED) is 0.478. The van der Waals surface area contributed by atoms with Crippen LogP contribution in [0.3, 0.4) is 0 Å². The van der Waals surface area contributed by atoms with Gasteiger partial charge in [-0.3, -0.25) is 4.79 Å². The first-order valence-corrected chi connectivity index (χ1v) is 11.2. The molecule has 1 aliphatic carbocycles. The van der Waals surface area contributed by atoms with Crippen LogP contribution in [0, 0.1) is 11.8 Å². The van der Waals surface area contributed by atoms with E-state index in [9.17, 15) is 9.59 Å². The van der Waals surface area contributed by atoms with Gasteiger partial charge in [0, 0.05) is 24.4 Å². The minimum Gasteiger partial charge on any atom is -0.464 e. The van der Waals surface area contributed by atoms with Crippen molar-refractivity contribution >= 4 is 34.3 Å². The summed E-state index contributed by atoms with van der Waals surface area (Å²) in [6.07, 6.45) is 4.56. The van der Waals surface area contributed by atoms with Crippen LogP contribution >= 0.6 is 0 Å². The van der Waals surface area contributed by atoms with Gasteiger partial charge >= 0.3 is 5.97 Å². The molecule has 1 aromatic carbocycles. The van der Waals surface area contributed by atoms with Gasteiger partial charge in [0.05, 0.1) is 24.7 Å². The summed E-state index contributed by atoms with van der Waals surface area (Å²) < 4.78 is 6.94. The largest absolute Gasteiger partial charge is 0.464 e. The smallest absolute Gasteiger partial charge is 0.356 e. The van der Waals surface area contributed by atoms with E-state index < -0.39 is 5.97 Å². The topological polar surface area (TPSA) is 85.2 Å². The number of hydrogen-bond acceptors (Lipinski definition) is 5. The number of rotatable bonds is 9. The number of esters is 1. The Bertz CT molecular complexity index is 1120. The molecule has 7 nitrogen and oxygen atoms in total. The summed E-state index contributed by atoms with van der Waals surface area (Å²) in [7, 11) is 1.35. The van der Waals surface area contributed by atoms with Gasteiger partial charge in [-0.15, -0.1) is 0 Å². The summed E-state index contributed by atoms with van der Waals surface area (Å²) >= 11 is 0. The molecule has 0 spiro atoms. The maximum absolute atomic E-state index is 12.9. The summed E-state index contributed by atoms with van der Waals surface area (Å²) in [5, 5.41) is 7.14. The average molecular weight is 435 g/mol. The van der Waals surface area contributed by atoms with Gasteiger partial charge in [-0.2, -0.15) is 0 Å². The maximum Gasteiger partial charge on any atom is 0.356 e. The SMILES string of the molecule is COC(=O)c1c(NC(=O)C2CC2)c2cc(NCCC(C)C)cnc2n1Cc1ccccc1. The van der Waals surface area contributed by atoms with Crippen LogP contribution in [0.2, 0.25) is 0 Å². The number of aromatic nitrogens is 2. The highest BCUT2D eigenvalue weighted by Gasteiger charge is 2.33. The lowest BCUT2D eigenvalue weighted by molar-refractivity contribution is -0.117. The molecule has 2 N–H and O–H groups in total. The van der Waals surface area contributed by atoms with Gasteiger partial charge in [0.2, 0.25) is 5.91 Å². The van der Waals surface area contributed by atoms with Crippen molar-refractivity contribution in [3.05, 3.63) is 53.9 Å². The lowest BCUT2D eigenvalue weighted by Crippen LogP contribution is -2.18. The van der Waals surface area contributed by atoms with Crippen molar-refractivity contribution in [2.24, 2.45) is 11.8 Å². The molecule has 1 saturated carbocycles. The third-order valence-corrected chi connectivity index (χ3v) is 5.71. The van der Waals surface area contributed by atoms with Crippen LogP contribution in [0.4, 0.5) is 11.4 Å². The Morgan fingerprint density at radius 2 is 1.97 bits per heavy atom. The van der Waals surface area contributed by atoms with E-state index >= 15 is 0 Å². The van der Waals surface area contributed by atoms with E-state index in [4.69, 9.17) is 4.74 Å². The van der Waals surface area contributed by atoms with E-state index in [1.807, 2.05) is 41.0 Å². The number of amides is 1. The Kier molecular flexibility index (Phi) is 6.44. The number of benzene rings is 1. The van der Waals surface area contributed by atoms with Crippen molar-refractivity contribution in [1.82, 2.24) is 9.55 Å². The van der Waals surface area contributed by atoms with Crippen LogP contribution in [0.5, 0.6) is 0 Å². The Morgan fingerprint density at radius 1 is 1.22 bits per heavy atom. The normalized spacial score (nSPS) is 13.4. The zero-order chi connectivity index (χ0) is 22.7. The van der Waals surface area contributed by atoms with Crippen molar-refractivity contribution in [2.75, 3.05) is 24.3 Å². The standard InChI is InChI=1S/C25H30N4O3/c1-16(2)11-12-26-19-13-20-21(28-24(30)18-9-10-18)22(25(31)32-3)29(23(20)27-14-19)15-17-7-5-4-6-8-17/h4-8,13-14,16,18,26H,9-12,15H2,1-3H3,(H,28,30). The average Bonchev–Trinajstić information content (AvgIpc) is 3.60. The van der Waals surface area contributed by atoms with Crippen molar-refractivity contribution in [1.29, 1.82) is 0 Å². The fourth-order valence-corrected chi connectivity index (χ4v) is 3.75. The zero-order valence-electron chi connectivity index (χ0n) is 18.9. The van der Waals surface area contributed by atoms with Crippen LogP contribution in [-0.4, -0.2) is 35.1 Å². The number of carbonyl (C=O) groups excluding carboxylic acids is 2. The first-order chi connectivity index (χ1) is 15.5. The van der Waals surface area contributed by atoms with Crippen LogP contribution in [-0.2, 0) is 16.1 Å². The Balaban J connectivity index is 1.81. The molecule has 0 unspecified atom stereocenters. The third kappa shape index (κ3) is 4.77. The molecule has 0 atom stereocenters. The molecule has 168 valence electrons. The Hall–Kier alpha value is -3.35. The molecule has 2 aromatic heterocycles. The highest BCUT2D eigenvalue weighted by atomic mass is 16.5. The highest BCUT2D eigenvalue weighted by molar-refractivity contribution is 6.11. The molecule has 7 heteroatoms. The molecule has 1 fully saturated rings. The number of ether oxygens (including phenoxy) is 1. The number of nitrogens with one attached hydrogen (secondary N) is 2. The van der Waals surface area contributed by atoms with Crippen molar-refractivity contribution in [3.63, 3.8) is 0 Å². The van der Waals surface area contributed by atoms with E-state index in [0.717, 1.165) is 42.4 Å². The molecule has 2 heterocycles. The number of hydrogen-bond donors (Lipinski definition) is 2. The van der Waals surface area contributed by atoms with Crippen LogP contribution < -0.4 is 10.6 Å². The van der Waals surface area contributed by atoms with Gasteiger partial charge in [-0.1, -0.05) is 44.2 Å². The molecule has 1 aliphatic rings. The van der Waals surface area contributed by atoms with Crippen molar-refractivity contribution < 1.29 is 14.3 Å². The summed E-state index contributed by atoms with van der Waals surface area (Å²) in [5.74, 6) is 0.0326. The monoisotopic (exact) mass is 434 g/mol. The van der Waals surface area contributed by atoms with E-state index in [0.29, 0.717) is 29.5 Å². The number of anilines is 2.